The van der Waals surface area contributed by atoms with Gasteiger partial charge in [0.05, 0.1) is 0 Å². The molecule has 0 spiro atoms. The summed E-state index contributed by atoms with van der Waals surface area (Å²) in [6, 6.07) is 10.5. The first-order chi connectivity index (χ1) is 9.26. The van der Waals surface area contributed by atoms with Crippen LogP contribution in [-0.2, 0) is 19.3 Å². The van der Waals surface area contributed by atoms with Crippen LogP contribution in [0.25, 0.3) is 0 Å². The molecule has 0 unspecified atom stereocenters. The van der Waals surface area contributed by atoms with Gasteiger partial charge in [-0.2, -0.15) is 0 Å². The van der Waals surface area contributed by atoms with Crippen molar-refractivity contribution in [3.8, 4) is 0 Å². The summed E-state index contributed by atoms with van der Waals surface area (Å²) in [4.78, 5) is 9.15. The van der Waals surface area contributed by atoms with Crippen molar-refractivity contribution in [1.29, 1.82) is 0 Å². The molecule has 0 saturated heterocycles. The topological polar surface area (TPSA) is 51.8 Å². The van der Waals surface area contributed by atoms with Crippen LogP contribution >= 0.6 is 0 Å². The van der Waals surface area contributed by atoms with Gasteiger partial charge in [0, 0.05) is 17.7 Å². The maximum atomic E-state index is 5.91. The average Bonchev–Trinajstić information content (AvgIpc) is 2.82. The van der Waals surface area contributed by atoms with E-state index in [4.69, 9.17) is 10.7 Å². The summed E-state index contributed by atoms with van der Waals surface area (Å²) in [6.45, 7) is 2.16. The van der Waals surface area contributed by atoms with Crippen molar-refractivity contribution in [3.05, 3.63) is 53.0 Å². The molecule has 1 aliphatic carbocycles. The largest absolute Gasteiger partial charge is 0.384 e. The Morgan fingerprint density at radius 1 is 1.16 bits per heavy atom. The van der Waals surface area contributed by atoms with Crippen molar-refractivity contribution >= 4 is 5.82 Å². The van der Waals surface area contributed by atoms with E-state index >= 15 is 0 Å². The summed E-state index contributed by atoms with van der Waals surface area (Å²) >= 11 is 0. The van der Waals surface area contributed by atoms with Crippen molar-refractivity contribution in [2.24, 2.45) is 0 Å². The van der Waals surface area contributed by atoms with E-state index in [0.717, 1.165) is 37.2 Å². The van der Waals surface area contributed by atoms with Crippen LogP contribution in [0.1, 0.15) is 41.9 Å². The van der Waals surface area contributed by atoms with Crippen molar-refractivity contribution in [1.82, 2.24) is 9.97 Å². The average molecular weight is 253 g/mol. The standard InChI is InChI=1S/C16H19N3/c1-2-5-14-10-15(17)19-16(18-14)13-8-11-6-3-4-7-12(11)9-13/h3-4,6-7,10,13H,2,5,8-9H2,1H3,(H2,17,18,19). The molecule has 0 radical (unpaired) electrons. The molecular weight excluding hydrogens is 234 g/mol. The first-order valence-corrected chi connectivity index (χ1v) is 6.96. The number of hydrogen-bond acceptors (Lipinski definition) is 3. The third-order valence-electron chi connectivity index (χ3n) is 3.74. The van der Waals surface area contributed by atoms with Crippen molar-refractivity contribution in [3.63, 3.8) is 0 Å². The fourth-order valence-corrected chi connectivity index (χ4v) is 2.85. The summed E-state index contributed by atoms with van der Waals surface area (Å²) < 4.78 is 0. The molecule has 1 heterocycles. The minimum atomic E-state index is 0.386. The molecule has 1 aromatic carbocycles. The molecule has 3 heteroatoms. The predicted molar refractivity (Wildman–Crippen MR) is 77.0 cm³/mol. The highest BCUT2D eigenvalue weighted by atomic mass is 15.0. The zero-order chi connectivity index (χ0) is 13.2. The van der Waals surface area contributed by atoms with E-state index in [1.54, 1.807) is 0 Å². The minimum Gasteiger partial charge on any atom is -0.384 e. The molecule has 3 rings (SSSR count). The van der Waals surface area contributed by atoms with Crippen LogP contribution in [0, 0.1) is 0 Å². The van der Waals surface area contributed by atoms with E-state index in [1.165, 1.54) is 11.1 Å². The molecule has 2 N–H and O–H groups in total. The van der Waals surface area contributed by atoms with Crippen LogP contribution in [0.4, 0.5) is 5.82 Å². The van der Waals surface area contributed by atoms with E-state index in [1.807, 2.05) is 6.07 Å². The van der Waals surface area contributed by atoms with E-state index in [9.17, 15) is 0 Å². The number of anilines is 1. The molecule has 0 bridgehead atoms. The van der Waals surface area contributed by atoms with Crippen molar-refractivity contribution in [2.45, 2.75) is 38.5 Å². The molecular formula is C16H19N3. The van der Waals surface area contributed by atoms with Gasteiger partial charge in [0.2, 0.25) is 0 Å². The molecule has 19 heavy (non-hydrogen) atoms. The van der Waals surface area contributed by atoms with Crippen LogP contribution in [0.2, 0.25) is 0 Å². The predicted octanol–water partition coefficient (Wildman–Crippen LogP) is 2.89. The monoisotopic (exact) mass is 253 g/mol. The molecule has 0 atom stereocenters. The van der Waals surface area contributed by atoms with E-state index in [0.29, 0.717) is 11.7 Å². The van der Waals surface area contributed by atoms with E-state index in [2.05, 4.69) is 36.2 Å². The van der Waals surface area contributed by atoms with Gasteiger partial charge in [-0.15, -0.1) is 0 Å². The smallest absolute Gasteiger partial charge is 0.134 e. The van der Waals surface area contributed by atoms with Gasteiger partial charge in [0.1, 0.15) is 11.6 Å². The lowest BCUT2D eigenvalue weighted by Crippen LogP contribution is -2.09. The van der Waals surface area contributed by atoms with Crippen LogP contribution in [-0.4, -0.2) is 9.97 Å². The number of fused-ring (bicyclic) bond motifs is 1. The molecule has 0 saturated carbocycles. The van der Waals surface area contributed by atoms with Gasteiger partial charge < -0.3 is 5.73 Å². The number of hydrogen-bond donors (Lipinski definition) is 1. The van der Waals surface area contributed by atoms with Crippen LogP contribution < -0.4 is 5.73 Å². The number of aryl methyl sites for hydroxylation is 1. The van der Waals surface area contributed by atoms with Gasteiger partial charge in [-0.1, -0.05) is 37.6 Å². The number of aromatic nitrogens is 2. The van der Waals surface area contributed by atoms with Gasteiger partial charge >= 0.3 is 0 Å². The molecule has 2 aromatic rings. The highest BCUT2D eigenvalue weighted by Crippen LogP contribution is 2.32. The summed E-state index contributed by atoms with van der Waals surface area (Å²) in [6.07, 6.45) is 4.12. The quantitative estimate of drug-likeness (QED) is 0.915. The number of nitrogens with two attached hydrogens (primary N) is 1. The minimum absolute atomic E-state index is 0.386. The van der Waals surface area contributed by atoms with Gasteiger partial charge in [-0.05, 0) is 30.4 Å². The van der Waals surface area contributed by atoms with Crippen LogP contribution in [0.15, 0.2) is 30.3 Å². The number of nitrogen functional groups attached to an aromatic ring is 1. The number of nitrogens with zero attached hydrogens (tertiary/aromatic N) is 2. The van der Waals surface area contributed by atoms with Gasteiger partial charge in [-0.3, -0.25) is 0 Å². The SMILES string of the molecule is CCCc1cc(N)nc(C2Cc3ccccc3C2)n1. The van der Waals surface area contributed by atoms with E-state index in [-0.39, 0.29) is 0 Å². The summed E-state index contributed by atoms with van der Waals surface area (Å²) in [7, 11) is 0. The molecule has 1 aliphatic rings. The maximum Gasteiger partial charge on any atom is 0.134 e. The van der Waals surface area contributed by atoms with Crippen LogP contribution in [0.5, 0.6) is 0 Å². The summed E-state index contributed by atoms with van der Waals surface area (Å²) in [5, 5.41) is 0. The molecule has 0 fully saturated rings. The molecule has 98 valence electrons. The van der Waals surface area contributed by atoms with Crippen molar-refractivity contribution in [2.75, 3.05) is 5.73 Å². The second-order valence-corrected chi connectivity index (χ2v) is 5.27. The zero-order valence-corrected chi connectivity index (χ0v) is 11.3. The Hall–Kier alpha value is -1.90. The van der Waals surface area contributed by atoms with Gasteiger partial charge in [0.15, 0.2) is 0 Å². The normalized spacial score (nSPS) is 14.6. The highest BCUT2D eigenvalue weighted by Gasteiger charge is 2.25. The second-order valence-electron chi connectivity index (χ2n) is 5.27. The Labute approximate surface area is 113 Å². The fourth-order valence-electron chi connectivity index (χ4n) is 2.85. The fraction of sp³-hybridized carbons (Fsp3) is 0.375. The lowest BCUT2D eigenvalue weighted by molar-refractivity contribution is 0.673. The molecule has 3 nitrogen and oxygen atoms in total. The highest BCUT2D eigenvalue weighted by molar-refractivity contribution is 5.37. The van der Waals surface area contributed by atoms with Gasteiger partial charge in [-0.25, -0.2) is 9.97 Å². The summed E-state index contributed by atoms with van der Waals surface area (Å²) in [5.41, 5.74) is 9.83. The Bertz CT molecular complexity index is 567. The molecule has 0 amide bonds. The van der Waals surface area contributed by atoms with Crippen molar-refractivity contribution < 1.29 is 0 Å². The third kappa shape index (κ3) is 2.46. The third-order valence-corrected chi connectivity index (χ3v) is 3.74. The number of rotatable bonds is 3. The maximum absolute atomic E-state index is 5.91. The second kappa shape index (κ2) is 5.00. The first kappa shape index (κ1) is 12.2. The lowest BCUT2D eigenvalue weighted by Gasteiger charge is -2.10. The van der Waals surface area contributed by atoms with Gasteiger partial charge in [0.25, 0.3) is 0 Å². The Morgan fingerprint density at radius 2 is 1.84 bits per heavy atom. The first-order valence-electron chi connectivity index (χ1n) is 6.96. The molecule has 0 aliphatic heterocycles. The Morgan fingerprint density at radius 3 is 2.47 bits per heavy atom. The number of benzene rings is 1. The van der Waals surface area contributed by atoms with Crippen LogP contribution in [0.3, 0.4) is 0 Å². The Kier molecular flexibility index (Phi) is 3.20. The molecule has 1 aromatic heterocycles. The lowest BCUT2D eigenvalue weighted by atomic mass is 10.1. The zero-order valence-electron chi connectivity index (χ0n) is 11.3. The van der Waals surface area contributed by atoms with E-state index < -0.39 is 0 Å². The summed E-state index contributed by atoms with van der Waals surface area (Å²) in [5.74, 6) is 1.90. The Balaban J connectivity index is 1.88.